The van der Waals surface area contributed by atoms with Crippen molar-refractivity contribution in [2.75, 3.05) is 6.54 Å². The van der Waals surface area contributed by atoms with Crippen molar-refractivity contribution in [1.29, 1.82) is 0 Å². The number of piperidine rings is 1. The van der Waals surface area contributed by atoms with E-state index in [9.17, 15) is 14.0 Å². The molecule has 2 rings (SSSR count). The van der Waals surface area contributed by atoms with Crippen molar-refractivity contribution in [2.45, 2.75) is 45.3 Å². The topological polar surface area (TPSA) is 46.6 Å². The van der Waals surface area contributed by atoms with Gasteiger partial charge in [0.2, 0.25) is 5.91 Å². The van der Waals surface area contributed by atoms with E-state index in [1.807, 2.05) is 0 Å². The molecule has 1 aromatic rings. The molecular weight excluding hydrogens is 273 g/mol. The van der Waals surface area contributed by atoms with Crippen LogP contribution in [0.5, 0.6) is 0 Å². The van der Waals surface area contributed by atoms with Crippen LogP contribution in [0.15, 0.2) is 24.3 Å². The van der Waals surface area contributed by atoms with Gasteiger partial charge in [-0.15, -0.1) is 0 Å². The van der Waals surface area contributed by atoms with Gasteiger partial charge in [0.05, 0.1) is 0 Å². The molecular formula is C16H20FNO3. The lowest BCUT2D eigenvalue weighted by molar-refractivity contribution is -0.158. The second kappa shape index (κ2) is 7.20. The Balaban J connectivity index is 1.96. The predicted octanol–water partition coefficient (Wildman–Crippen LogP) is 2.66. The summed E-state index contributed by atoms with van der Waals surface area (Å²) in [4.78, 5) is 25.7. The van der Waals surface area contributed by atoms with Crippen LogP contribution in [0, 0.1) is 5.82 Å². The third-order valence-electron chi connectivity index (χ3n) is 3.67. The van der Waals surface area contributed by atoms with E-state index in [0.29, 0.717) is 24.9 Å². The van der Waals surface area contributed by atoms with Crippen molar-refractivity contribution < 1.29 is 18.7 Å². The quantitative estimate of drug-likeness (QED) is 0.802. The molecule has 1 aliphatic heterocycles. The van der Waals surface area contributed by atoms with Crippen molar-refractivity contribution in [1.82, 2.24) is 4.90 Å². The molecule has 1 aromatic carbocycles. The van der Waals surface area contributed by atoms with Gasteiger partial charge in [-0.05, 0) is 37.0 Å². The first-order chi connectivity index (χ1) is 10.1. The molecule has 114 valence electrons. The molecule has 1 heterocycles. The van der Waals surface area contributed by atoms with Gasteiger partial charge in [-0.25, -0.2) is 9.18 Å². The van der Waals surface area contributed by atoms with Crippen molar-refractivity contribution in [2.24, 2.45) is 0 Å². The number of hydrogen-bond acceptors (Lipinski definition) is 3. The Hall–Kier alpha value is -1.91. The molecule has 0 saturated carbocycles. The zero-order valence-corrected chi connectivity index (χ0v) is 12.2. The summed E-state index contributed by atoms with van der Waals surface area (Å²) >= 11 is 0. The number of ether oxygens (including phenoxy) is 1. The predicted molar refractivity (Wildman–Crippen MR) is 75.8 cm³/mol. The van der Waals surface area contributed by atoms with E-state index in [-0.39, 0.29) is 18.3 Å². The van der Waals surface area contributed by atoms with Crippen LogP contribution in [-0.2, 0) is 20.9 Å². The summed E-state index contributed by atoms with van der Waals surface area (Å²) in [6, 6.07) is 5.45. The fourth-order valence-electron chi connectivity index (χ4n) is 2.56. The van der Waals surface area contributed by atoms with Crippen LogP contribution >= 0.6 is 0 Å². The second-order valence-electron chi connectivity index (χ2n) is 5.19. The summed E-state index contributed by atoms with van der Waals surface area (Å²) in [6.07, 6.45) is 2.84. The van der Waals surface area contributed by atoms with Crippen LogP contribution < -0.4 is 0 Å². The van der Waals surface area contributed by atoms with Gasteiger partial charge in [-0.1, -0.05) is 19.1 Å². The van der Waals surface area contributed by atoms with Crippen molar-refractivity contribution in [3.05, 3.63) is 35.6 Å². The Morgan fingerprint density at radius 3 is 2.90 bits per heavy atom. The molecule has 1 aliphatic rings. The third-order valence-corrected chi connectivity index (χ3v) is 3.67. The lowest BCUT2D eigenvalue weighted by atomic mass is 10.0. The zero-order chi connectivity index (χ0) is 15.2. The average molecular weight is 293 g/mol. The highest BCUT2D eigenvalue weighted by Gasteiger charge is 2.32. The number of carbonyl (C=O) groups is 2. The van der Waals surface area contributed by atoms with E-state index in [0.717, 1.165) is 12.8 Å². The largest absolute Gasteiger partial charge is 0.459 e. The van der Waals surface area contributed by atoms with Crippen LogP contribution in [-0.4, -0.2) is 29.4 Å². The van der Waals surface area contributed by atoms with E-state index < -0.39 is 12.0 Å². The van der Waals surface area contributed by atoms with Gasteiger partial charge in [0.25, 0.3) is 0 Å². The average Bonchev–Trinajstić information content (AvgIpc) is 2.52. The molecule has 5 heteroatoms. The Morgan fingerprint density at radius 2 is 2.19 bits per heavy atom. The van der Waals surface area contributed by atoms with Crippen molar-refractivity contribution >= 4 is 11.9 Å². The Kier molecular flexibility index (Phi) is 5.31. The van der Waals surface area contributed by atoms with Gasteiger partial charge in [0.1, 0.15) is 18.5 Å². The maximum absolute atomic E-state index is 13.1. The highest BCUT2D eigenvalue weighted by molar-refractivity contribution is 5.84. The molecule has 1 saturated heterocycles. The van der Waals surface area contributed by atoms with Crippen LogP contribution in [0.1, 0.15) is 38.2 Å². The Labute approximate surface area is 123 Å². The van der Waals surface area contributed by atoms with E-state index in [4.69, 9.17) is 4.74 Å². The number of rotatable bonds is 4. The highest BCUT2D eigenvalue weighted by Crippen LogP contribution is 2.19. The smallest absolute Gasteiger partial charge is 0.329 e. The van der Waals surface area contributed by atoms with E-state index >= 15 is 0 Å². The Morgan fingerprint density at radius 1 is 1.38 bits per heavy atom. The first kappa shape index (κ1) is 15.5. The molecule has 0 aliphatic carbocycles. The molecule has 1 fully saturated rings. The molecule has 0 spiro atoms. The van der Waals surface area contributed by atoms with E-state index in [2.05, 4.69) is 0 Å². The Bertz CT molecular complexity index is 518. The van der Waals surface area contributed by atoms with E-state index in [1.54, 1.807) is 24.0 Å². The van der Waals surface area contributed by atoms with Crippen LogP contribution in [0.2, 0.25) is 0 Å². The number of benzene rings is 1. The fourth-order valence-corrected chi connectivity index (χ4v) is 2.56. The molecule has 1 amide bonds. The number of hydrogen-bond donors (Lipinski definition) is 0. The van der Waals surface area contributed by atoms with Gasteiger partial charge in [-0.3, -0.25) is 4.79 Å². The SMILES string of the molecule is CCC(=O)N1CCCCC1C(=O)OCc1cccc(F)c1. The minimum absolute atomic E-state index is 0.0256. The van der Waals surface area contributed by atoms with Crippen molar-refractivity contribution in [3.63, 3.8) is 0 Å². The summed E-state index contributed by atoms with van der Waals surface area (Å²) in [5.41, 5.74) is 0.604. The third kappa shape index (κ3) is 4.03. The monoisotopic (exact) mass is 293 g/mol. The minimum Gasteiger partial charge on any atom is -0.459 e. The molecule has 1 atom stereocenters. The second-order valence-corrected chi connectivity index (χ2v) is 5.19. The number of likely N-dealkylation sites (tertiary alicyclic amines) is 1. The normalized spacial score (nSPS) is 18.4. The molecule has 0 bridgehead atoms. The van der Waals surface area contributed by atoms with Crippen LogP contribution in [0.4, 0.5) is 4.39 Å². The zero-order valence-electron chi connectivity index (χ0n) is 12.2. The van der Waals surface area contributed by atoms with Crippen LogP contribution in [0.3, 0.4) is 0 Å². The molecule has 0 aromatic heterocycles. The summed E-state index contributed by atoms with van der Waals surface area (Å²) < 4.78 is 18.3. The molecule has 1 unspecified atom stereocenters. The number of esters is 1. The fraction of sp³-hybridized carbons (Fsp3) is 0.500. The standard InChI is InChI=1S/C16H20FNO3/c1-2-15(19)18-9-4-3-8-14(18)16(20)21-11-12-6-5-7-13(17)10-12/h5-7,10,14H,2-4,8-9,11H2,1H3. The number of halogens is 1. The van der Waals surface area contributed by atoms with Gasteiger partial charge in [-0.2, -0.15) is 0 Å². The summed E-state index contributed by atoms with van der Waals surface area (Å²) in [5.74, 6) is -0.785. The first-order valence-corrected chi connectivity index (χ1v) is 7.32. The van der Waals surface area contributed by atoms with Gasteiger partial charge >= 0.3 is 5.97 Å². The minimum atomic E-state index is -0.500. The first-order valence-electron chi connectivity index (χ1n) is 7.32. The number of amides is 1. The maximum Gasteiger partial charge on any atom is 0.329 e. The molecule has 0 N–H and O–H groups in total. The summed E-state index contributed by atoms with van der Waals surface area (Å²) in [6.45, 7) is 2.42. The van der Waals surface area contributed by atoms with Gasteiger partial charge < -0.3 is 9.64 Å². The lowest BCUT2D eigenvalue weighted by Crippen LogP contribution is -2.48. The summed E-state index contributed by atoms with van der Waals surface area (Å²) in [5, 5.41) is 0. The molecule has 4 nitrogen and oxygen atoms in total. The molecule has 0 radical (unpaired) electrons. The van der Waals surface area contributed by atoms with Crippen LogP contribution in [0.25, 0.3) is 0 Å². The highest BCUT2D eigenvalue weighted by atomic mass is 19.1. The van der Waals surface area contributed by atoms with Gasteiger partial charge in [0.15, 0.2) is 0 Å². The number of nitrogens with zero attached hydrogens (tertiary/aromatic N) is 1. The lowest BCUT2D eigenvalue weighted by Gasteiger charge is -2.33. The summed E-state index contributed by atoms with van der Waals surface area (Å²) in [7, 11) is 0. The molecule has 21 heavy (non-hydrogen) atoms. The van der Waals surface area contributed by atoms with Crippen molar-refractivity contribution in [3.8, 4) is 0 Å². The number of carbonyl (C=O) groups excluding carboxylic acids is 2. The van der Waals surface area contributed by atoms with Gasteiger partial charge in [0, 0.05) is 13.0 Å². The van der Waals surface area contributed by atoms with E-state index in [1.165, 1.54) is 12.1 Å². The maximum atomic E-state index is 13.1.